The molecule has 0 amide bonds. The predicted molar refractivity (Wildman–Crippen MR) is 82.4 cm³/mol. The minimum absolute atomic E-state index is 0.0742. The van der Waals surface area contributed by atoms with E-state index in [1.165, 1.54) is 0 Å². The molecule has 0 saturated carbocycles. The van der Waals surface area contributed by atoms with Crippen molar-refractivity contribution in [3.8, 4) is 11.5 Å². The minimum atomic E-state index is -0.286. The van der Waals surface area contributed by atoms with Crippen LogP contribution in [0, 0.1) is 0 Å². The quantitative estimate of drug-likeness (QED) is 0.597. The Morgan fingerprint density at radius 3 is 2.57 bits per heavy atom. The van der Waals surface area contributed by atoms with Crippen molar-refractivity contribution in [1.29, 1.82) is 0 Å². The maximum absolute atomic E-state index is 5.91. The highest BCUT2D eigenvalue weighted by Gasteiger charge is 2.39. The molecule has 2 atom stereocenters. The van der Waals surface area contributed by atoms with Gasteiger partial charge >= 0.3 is 0 Å². The maximum atomic E-state index is 5.91. The lowest BCUT2D eigenvalue weighted by Gasteiger charge is -2.33. The zero-order valence-electron chi connectivity index (χ0n) is 13.1. The topological polar surface area (TPSA) is 65.7 Å². The predicted octanol–water partition coefficient (Wildman–Crippen LogP) is 2.56. The Bertz CT molecular complexity index is 459. The number of hydrazine groups is 1. The summed E-state index contributed by atoms with van der Waals surface area (Å²) in [6.07, 6.45) is 2.04. The fourth-order valence-corrected chi connectivity index (χ4v) is 2.90. The van der Waals surface area contributed by atoms with Crippen LogP contribution in [0.4, 0.5) is 0 Å². The molecular formula is C16H26N2O3. The first-order valence-electron chi connectivity index (χ1n) is 7.64. The highest BCUT2D eigenvalue weighted by atomic mass is 16.5. The fourth-order valence-electron chi connectivity index (χ4n) is 2.90. The Morgan fingerprint density at radius 1 is 1.29 bits per heavy atom. The van der Waals surface area contributed by atoms with Gasteiger partial charge in [-0.05, 0) is 51.3 Å². The summed E-state index contributed by atoms with van der Waals surface area (Å²) in [5.74, 6) is 7.30. The van der Waals surface area contributed by atoms with Crippen molar-refractivity contribution in [2.24, 2.45) is 5.84 Å². The van der Waals surface area contributed by atoms with E-state index in [0.29, 0.717) is 13.2 Å². The standard InChI is InChI=1S/C16H26N2O3/c1-4-19-13-8-7-12(11-14(13)20-5-2)15(18-17)16(3)9-6-10-21-16/h7-8,11,15,18H,4-6,9-10,17H2,1-3H3. The summed E-state index contributed by atoms with van der Waals surface area (Å²) in [5, 5.41) is 0. The van der Waals surface area contributed by atoms with Gasteiger partial charge in [-0.15, -0.1) is 0 Å². The average Bonchev–Trinajstić information content (AvgIpc) is 2.90. The van der Waals surface area contributed by atoms with Crippen LogP contribution < -0.4 is 20.7 Å². The molecule has 0 spiro atoms. The van der Waals surface area contributed by atoms with E-state index in [1.807, 2.05) is 32.0 Å². The normalized spacial score (nSPS) is 23.0. The van der Waals surface area contributed by atoms with E-state index in [2.05, 4.69) is 12.3 Å². The maximum Gasteiger partial charge on any atom is 0.161 e. The number of hydrogen-bond donors (Lipinski definition) is 2. The van der Waals surface area contributed by atoms with Crippen LogP contribution in [0.15, 0.2) is 18.2 Å². The van der Waals surface area contributed by atoms with E-state index in [-0.39, 0.29) is 11.6 Å². The van der Waals surface area contributed by atoms with E-state index in [4.69, 9.17) is 20.1 Å². The average molecular weight is 294 g/mol. The third-order valence-electron chi connectivity index (χ3n) is 3.93. The van der Waals surface area contributed by atoms with Crippen LogP contribution in [0.3, 0.4) is 0 Å². The molecule has 5 heteroatoms. The number of hydrogen-bond acceptors (Lipinski definition) is 5. The van der Waals surface area contributed by atoms with Crippen molar-refractivity contribution in [3.05, 3.63) is 23.8 Å². The number of rotatable bonds is 7. The van der Waals surface area contributed by atoms with Crippen molar-refractivity contribution in [2.45, 2.75) is 45.3 Å². The molecule has 1 aliphatic rings. The van der Waals surface area contributed by atoms with Crippen molar-refractivity contribution in [2.75, 3.05) is 19.8 Å². The van der Waals surface area contributed by atoms with Crippen LogP contribution in [0.2, 0.25) is 0 Å². The minimum Gasteiger partial charge on any atom is -0.490 e. The fraction of sp³-hybridized carbons (Fsp3) is 0.625. The number of nitrogens with two attached hydrogens (primary N) is 1. The van der Waals surface area contributed by atoms with E-state index in [0.717, 1.165) is 36.5 Å². The zero-order valence-corrected chi connectivity index (χ0v) is 13.1. The van der Waals surface area contributed by atoms with Gasteiger partial charge in [0.15, 0.2) is 11.5 Å². The summed E-state index contributed by atoms with van der Waals surface area (Å²) in [5.41, 5.74) is 3.66. The second kappa shape index (κ2) is 7.11. The number of benzene rings is 1. The van der Waals surface area contributed by atoms with Crippen molar-refractivity contribution >= 4 is 0 Å². The Balaban J connectivity index is 2.30. The summed E-state index contributed by atoms with van der Waals surface area (Å²) in [7, 11) is 0. The molecule has 1 aliphatic heterocycles. The van der Waals surface area contributed by atoms with Crippen LogP contribution >= 0.6 is 0 Å². The molecule has 5 nitrogen and oxygen atoms in total. The molecule has 2 rings (SSSR count). The summed E-state index contributed by atoms with van der Waals surface area (Å²) >= 11 is 0. The largest absolute Gasteiger partial charge is 0.490 e. The highest BCUT2D eigenvalue weighted by molar-refractivity contribution is 5.44. The number of nitrogens with one attached hydrogen (secondary N) is 1. The van der Waals surface area contributed by atoms with Gasteiger partial charge in [-0.1, -0.05) is 6.07 Å². The Labute approximate surface area is 126 Å². The van der Waals surface area contributed by atoms with Gasteiger partial charge in [0.05, 0.1) is 24.9 Å². The monoisotopic (exact) mass is 294 g/mol. The summed E-state index contributed by atoms with van der Waals surface area (Å²) in [6.45, 7) is 8.01. The molecule has 0 bridgehead atoms. The summed E-state index contributed by atoms with van der Waals surface area (Å²) in [4.78, 5) is 0. The smallest absolute Gasteiger partial charge is 0.161 e. The first-order chi connectivity index (χ1) is 10.1. The SMILES string of the molecule is CCOc1ccc(C(NN)C2(C)CCCO2)cc1OCC. The first-order valence-corrected chi connectivity index (χ1v) is 7.64. The molecule has 2 unspecified atom stereocenters. The van der Waals surface area contributed by atoms with E-state index in [9.17, 15) is 0 Å². The van der Waals surface area contributed by atoms with Crippen LogP contribution in [0.1, 0.15) is 45.2 Å². The molecule has 1 fully saturated rings. The van der Waals surface area contributed by atoms with Gasteiger partial charge in [0.2, 0.25) is 0 Å². The second-order valence-electron chi connectivity index (χ2n) is 5.44. The van der Waals surface area contributed by atoms with Crippen molar-refractivity contribution in [1.82, 2.24) is 5.43 Å². The second-order valence-corrected chi connectivity index (χ2v) is 5.44. The van der Waals surface area contributed by atoms with Crippen molar-refractivity contribution < 1.29 is 14.2 Å². The van der Waals surface area contributed by atoms with Crippen LogP contribution in [-0.2, 0) is 4.74 Å². The zero-order chi connectivity index (χ0) is 15.3. The molecule has 118 valence electrons. The molecule has 1 aromatic rings. The molecule has 1 saturated heterocycles. The van der Waals surface area contributed by atoms with E-state index >= 15 is 0 Å². The molecule has 0 aliphatic carbocycles. The van der Waals surface area contributed by atoms with Crippen LogP contribution in [-0.4, -0.2) is 25.4 Å². The Kier molecular flexibility index (Phi) is 5.45. The summed E-state index contributed by atoms with van der Waals surface area (Å²) < 4.78 is 17.2. The molecule has 0 aromatic heterocycles. The molecule has 1 heterocycles. The molecular weight excluding hydrogens is 268 g/mol. The van der Waals surface area contributed by atoms with E-state index < -0.39 is 0 Å². The Morgan fingerprint density at radius 2 is 2.00 bits per heavy atom. The van der Waals surface area contributed by atoms with Crippen LogP contribution in [0.25, 0.3) is 0 Å². The van der Waals surface area contributed by atoms with Crippen molar-refractivity contribution in [3.63, 3.8) is 0 Å². The lowest BCUT2D eigenvalue weighted by Crippen LogP contribution is -2.44. The van der Waals surface area contributed by atoms with Gasteiger partial charge in [-0.25, -0.2) is 0 Å². The number of ether oxygens (including phenoxy) is 3. The molecule has 1 aromatic carbocycles. The molecule has 21 heavy (non-hydrogen) atoms. The first kappa shape index (κ1) is 16.1. The van der Waals surface area contributed by atoms with Gasteiger partial charge < -0.3 is 14.2 Å². The molecule has 3 N–H and O–H groups in total. The van der Waals surface area contributed by atoms with E-state index in [1.54, 1.807) is 0 Å². The lowest BCUT2D eigenvalue weighted by molar-refractivity contribution is -0.0126. The van der Waals surface area contributed by atoms with Crippen LogP contribution in [0.5, 0.6) is 11.5 Å². The van der Waals surface area contributed by atoms with Gasteiger partial charge in [-0.3, -0.25) is 11.3 Å². The van der Waals surface area contributed by atoms with Gasteiger partial charge in [0.25, 0.3) is 0 Å². The Hall–Kier alpha value is -1.30. The van der Waals surface area contributed by atoms with Gasteiger partial charge in [0, 0.05) is 6.61 Å². The summed E-state index contributed by atoms with van der Waals surface area (Å²) in [6, 6.07) is 5.87. The lowest BCUT2D eigenvalue weighted by atomic mass is 9.88. The van der Waals surface area contributed by atoms with Gasteiger partial charge in [-0.2, -0.15) is 0 Å². The van der Waals surface area contributed by atoms with Gasteiger partial charge in [0.1, 0.15) is 0 Å². The molecule has 0 radical (unpaired) electrons. The third kappa shape index (κ3) is 3.48. The third-order valence-corrected chi connectivity index (χ3v) is 3.93. The highest BCUT2D eigenvalue weighted by Crippen LogP contribution is 2.39.